The number of hydrogen-bond acceptors (Lipinski definition) is 8. The summed E-state index contributed by atoms with van der Waals surface area (Å²) in [6, 6.07) is 10.4. The van der Waals surface area contributed by atoms with E-state index in [1.54, 1.807) is 36.4 Å². The normalized spacial score (nSPS) is 17.2. The van der Waals surface area contributed by atoms with E-state index in [0.717, 1.165) is 22.3 Å². The standard InChI is InChI=1S/C37H46N2O7/c1-20-21(2)33-30(22(3)32(20)45-23(4)40)29(39-43)18-37(11,46-33)19-44-26-14-12-24(13-15-26)38-34(42)31-27(35(5,6)7)16-25(41)17-28(31)36(8,9)10/h12-17,41,43H,18-19H2,1-11H3,(H,38,42). The van der Waals surface area contributed by atoms with E-state index in [9.17, 15) is 19.9 Å². The molecule has 0 aliphatic carbocycles. The van der Waals surface area contributed by atoms with Crippen LogP contribution in [0, 0.1) is 20.8 Å². The fourth-order valence-corrected chi connectivity index (χ4v) is 5.87. The Morgan fingerprint density at radius 2 is 1.52 bits per heavy atom. The molecule has 1 aliphatic heterocycles. The first kappa shape index (κ1) is 34.3. The van der Waals surface area contributed by atoms with Crippen LogP contribution < -0.4 is 19.5 Å². The number of benzene rings is 3. The lowest BCUT2D eigenvalue weighted by Gasteiger charge is -2.38. The zero-order valence-electron chi connectivity index (χ0n) is 28.8. The van der Waals surface area contributed by atoms with Crippen molar-refractivity contribution in [3.8, 4) is 23.0 Å². The van der Waals surface area contributed by atoms with Gasteiger partial charge in [0.1, 0.15) is 35.2 Å². The van der Waals surface area contributed by atoms with E-state index in [0.29, 0.717) is 45.3 Å². The molecule has 0 aromatic heterocycles. The summed E-state index contributed by atoms with van der Waals surface area (Å²) >= 11 is 0. The molecule has 1 aliphatic rings. The van der Waals surface area contributed by atoms with Gasteiger partial charge in [-0.25, -0.2) is 0 Å². The molecule has 1 amide bonds. The van der Waals surface area contributed by atoms with Gasteiger partial charge in [-0.3, -0.25) is 9.59 Å². The SMILES string of the molecule is CC(=O)Oc1c(C)c(C)c2c(c1C)C(=NO)CC(C)(COc1ccc(NC(=O)c3c(C(C)(C)C)cc(O)cc3C(C)(C)C)cc1)O2. The van der Waals surface area contributed by atoms with Crippen LogP contribution in [-0.2, 0) is 15.6 Å². The number of aromatic hydroxyl groups is 1. The van der Waals surface area contributed by atoms with Gasteiger partial charge < -0.3 is 29.8 Å². The Kier molecular flexibility index (Phi) is 9.22. The molecule has 1 heterocycles. The fraction of sp³-hybridized carbons (Fsp3) is 0.432. The number of hydrogen-bond donors (Lipinski definition) is 3. The summed E-state index contributed by atoms with van der Waals surface area (Å²) in [5, 5.41) is 27.1. The minimum Gasteiger partial charge on any atom is -0.508 e. The van der Waals surface area contributed by atoms with Gasteiger partial charge in [0.25, 0.3) is 5.91 Å². The van der Waals surface area contributed by atoms with E-state index in [1.165, 1.54) is 6.92 Å². The van der Waals surface area contributed by atoms with E-state index < -0.39 is 11.6 Å². The first-order chi connectivity index (χ1) is 21.3. The van der Waals surface area contributed by atoms with Gasteiger partial charge in [-0.2, -0.15) is 0 Å². The average Bonchev–Trinajstić information content (AvgIpc) is 2.96. The molecular formula is C37H46N2O7. The lowest BCUT2D eigenvalue weighted by molar-refractivity contribution is -0.132. The molecule has 0 bridgehead atoms. The van der Waals surface area contributed by atoms with Crippen LogP contribution in [-0.4, -0.2) is 40.1 Å². The van der Waals surface area contributed by atoms with E-state index in [2.05, 4.69) is 10.5 Å². The molecule has 0 spiro atoms. The topological polar surface area (TPSA) is 127 Å². The molecule has 9 heteroatoms. The van der Waals surface area contributed by atoms with E-state index >= 15 is 0 Å². The number of nitrogens with one attached hydrogen (secondary N) is 1. The quantitative estimate of drug-likeness (QED) is 0.109. The number of amides is 1. The smallest absolute Gasteiger partial charge is 0.308 e. The first-order valence-corrected chi connectivity index (χ1v) is 15.4. The molecule has 1 atom stereocenters. The summed E-state index contributed by atoms with van der Waals surface area (Å²) in [4.78, 5) is 25.5. The maximum atomic E-state index is 13.7. The average molecular weight is 631 g/mol. The molecule has 3 N–H and O–H groups in total. The van der Waals surface area contributed by atoms with Gasteiger partial charge in [0.15, 0.2) is 0 Å². The molecular weight excluding hydrogens is 584 g/mol. The summed E-state index contributed by atoms with van der Waals surface area (Å²) < 4.78 is 18.1. The first-order valence-electron chi connectivity index (χ1n) is 15.4. The Hall–Kier alpha value is -4.53. The Bertz CT molecular complexity index is 1670. The zero-order valence-corrected chi connectivity index (χ0v) is 28.8. The predicted molar refractivity (Wildman–Crippen MR) is 179 cm³/mol. The monoisotopic (exact) mass is 630 g/mol. The lowest BCUT2D eigenvalue weighted by Crippen LogP contribution is -2.45. The molecule has 3 aromatic rings. The molecule has 3 aromatic carbocycles. The van der Waals surface area contributed by atoms with Crippen LogP contribution in [0.25, 0.3) is 0 Å². The van der Waals surface area contributed by atoms with Crippen LogP contribution in [0.2, 0.25) is 0 Å². The molecule has 46 heavy (non-hydrogen) atoms. The maximum absolute atomic E-state index is 13.7. The van der Waals surface area contributed by atoms with Crippen molar-refractivity contribution in [2.45, 2.75) is 99.0 Å². The fourth-order valence-electron chi connectivity index (χ4n) is 5.87. The van der Waals surface area contributed by atoms with Crippen LogP contribution in [0.3, 0.4) is 0 Å². The second kappa shape index (κ2) is 12.3. The molecule has 4 rings (SSSR count). The number of oxime groups is 1. The van der Waals surface area contributed by atoms with Gasteiger partial charge in [-0.05, 0) is 97.2 Å². The predicted octanol–water partition coefficient (Wildman–Crippen LogP) is 7.89. The Labute approximate surface area is 271 Å². The van der Waals surface area contributed by atoms with Crippen molar-refractivity contribution in [3.05, 3.63) is 75.3 Å². The van der Waals surface area contributed by atoms with Crippen molar-refractivity contribution in [1.29, 1.82) is 0 Å². The highest BCUT2D eigenvalue weighted by molar-refractivity contribution is 6.07. The molecule has 0 saturated heterocycles. The second-order valence-corrected chi connectivity index (χ2v) is 14.5. The summed E-state index contributed by atoms with van der Waals surface area (Å²) in [6.45, 7) is 21.1. The number of carbonyl (C=O) groups excluding carboxylic acids is 2. The number of rotatable bonds is 6. The molecule has 0 saturated carbocycles. The number of phenolic OH excluding ortho intramolecular Hbond substituents is 1. The maximum Gasteiger partial charge on any atom is 0.308 e. The highest BCUT2D eigenvalue weighted by Crippen LogP contribution is 2.44. The van der Waals surface area contributed by atoms with Gasteiger partial charge >= 0.3 is 5.97 Å². The number of esters is 1. The second-order valence-electron chi connectivity index (χ2n) is 14.5. The third kappa shape index (κ3) is 6.98. The summed E-state index contributed by atoms with van der Waals surface area (Å²) in [5.41, 5.74) is 4.32. The van der Waals surface area contributed by atoms with Crippen LogP contribution in [0.1, 0.15) is 106 Å². The van der Waals surface area contributed by atoms with Crippen molar-refractivity contribution in [2.24, 2.45) is 5.16 Å². The van der Waals surface area contributed by atoms with Crippen molar-refractivity contribution < 1.29 is 34.1 Å². The van der Waals surface area contributed by atoms with Gasteiger partial charge in [-0.1, -0.05) is 46.7 Å². The molecule has 0 fully saturated rings. The minimum atomic E-state index is -0.861. The summed E-state index contributed by atoms with van der Waals surface area (Å²) in [5.74, 6) is 1.03. The van der Waals surface area contributed by atoms with Crippen molar-refractivity contribution in [2.75, 3.05) is 11.9 Å². The van der Waals surface area contributed by atoms with Gasteiger partial charge in [-0.15, -0.1) is 0 Å². The highest BCUT2D eigenvalue weighted by atomic mass is 16.5. The molecule has 1 unspecified atom stereocenters. The largest absolute Gasteiger partial charge is 0.508 e. The Morgan fingerprint density at radius 3 is 2.02 bits per heavy atom. The number of fused-ring (bicyclic) bond motifs is 1. The van der Waals surface area contributed by atoms with Gasteiger partial charge in [0.2, 0.25) is 0 Å². The Morgan fingerprint density at radius 1 is 0.957 bits per heavy atom. The van der Waals surface area contributed by atoms with Crippen molar-refractivity contribution in [3.63, 3.8) is 0 Å². The third-order valence-corrected chi connectivity index (χ3v) is 8.35. The van der Waals surface area contributed by atoms with E-state index in [-0.39, 0.29) is 35.5 Å². The minimum absolute atomic E-state index is 0.136. The molecule has 0 radical (unpaired) electrons. The van der Waals surface area contributed by atoms with Crippen LogP contribution in [0.15, 0.2) is 41.6 Å². The van der Waals surface area contributed by atoms with Crippen LogP contribution >= 0.6 is 0 Å². The lowest BCUT2D eigenvalue weighted by atomic mass is 9.76. The third-order valence-electron chi connectivity index (χ3n) is 8.35. The molecule has 9 nitrogen and oxygen atoms in total. The van der Waals surface area contributed by atoms with E-state index in [4.69, 9.17) is 14.2 Å². The van der Waals surface area contributed by atoms with Gasteiger partial charge in [0.05, 0.1) is 5.71 Å². The highest BCUT2D eigenvalue weighted by Gasteiger charge is 2.40. The molecule has 246 valence electrons. The number of phenols is 1. The van der Waals surface area contributed by atoms with Gasteiger partial charge in [0, 0.05) is 35.7 Å². The van der Waals surface area contributed by atoms with Crippen LogP contribution in [0.4, 0.5) is 5.69 Å². The van der Waals surface area contributed by atoms with Crippen molar-refractivity contribution in [1.82, 2.24) is 0 Å². The number of ether oxygens (including phenoxy) is 3. The summed E-state index contributed by atoms with van der Waals surface area (Å²) in [6.07, 6.45) is 0.256. The Balaban J connectivity index is 1.54. The zero-order chi connectivity index (χ0) is 34.4. The number of nitrogens with zero attached hydrogens (tertiary/aromatic N) is 1. The van der Waals surface area contributed by atoms with E-state index in [1.807, 2.05) is 69.2 Å². The van der Waals surface area contributed by atoms with Crippen molar-refractivity contribution >= 4 is 23.3 Å². The van der Waals surface area contributed by atoms with Crippen LogP contribution in [0.5, 0.6) is 23.0 Å². The summed E-state index contributed by atoms with van der Waals surface area (Å²) in [7, 11) is 0. The number of carbonyl (C=O) groups is 2. The number of anilines is 1.